The summed E-state index contributed by atoms with van der Waals surface area (Å²) in [6, 6.07) is 0. The summed E-state index contributed by atoms with van der Waals surface area (Å²) < 4.78 is 0. The van der Waals surface area contributed by atoms with E-state index < -0.39 is 0 Å². The molecule has 4 aliphatic rings. The van der Waals surface area contributed by atoms with Gasteiger partial charge in [0.2, 0.25) is 0 Å². The minimum atomic E-state index is 0.731. The SMILES string of the molecule is CC1(C2C3CCCCC3C3CCCCC32)CCCCC1. The fraction of sp³-hybridized carbons (Fsp3) is 1.00. The minimum Gasteiger partial charge on any atom is -0.0594 e. The second-order valence-corrected chi connectivity index (χ2v) is 8.96. The first-order chi connectivity index (χ1) is 9.80. The molecule has 0 radical (unpaired) electrons. The molecule has 4 aliphatic carbocycles. The lowest BCUT2D eigenvalue weighted by Crippen LogP contribution is -2.38. The topological polar surface area (TPSA) is 0 Å². The van der Waals surface area contributed by atoms with Crippen LogP contribution < -0.4 is 0 Å². The van der Waals surface area contributed by atoms with E-state index in [4.69, 9.17) is 0 Å². The van der Waals surface area contributed by atoms with Crippen molar-refractivity contribution in [1.82, 2.24) is 0 Å². The van der Waals surface area contributed by atoms with Crippen LogP contribution in [0.5, 0.6) is 0 Å². The predicted molar refractivity (Wildman–Crippen MR) is 85.6 cm³/mol. The smallest absolute Gasteiger partial charge is 0.0292 e. The summed E-state index contributed by atoms with van der Waals surface area (Å²) in [4.78, 5) is 0. The van der Waals surface area contributed by atoms with Crippen LogP contribution in [0.1, 0.15) is 90.4 Å². The molecule has 0 amide bonds. The van der Waals surface area contributed by atoms with Gasteiger partial charge in [-0.05, 0) is 73.5 Å². The van der Waals surface area contributed by atoms with Gasteiger partial charge < -0.3 is 0 Å². The van der Waals surface area contributed by atoms with Crippen molar-refractivity contribution in [2.24, 2.45) is 35.0 Å². The molecule has 0 spiro atoms. The molecule has 0 nitrogen and oxygen atoms in total. The molecule has 0 aromatic carbocycles. The molecule has 20 heavy (non-hydrogen) atoms. The molecular formula is C20H34. The average molecular weight is 274 g/mol. The van der Waals surface area contributed by atoms with Gasteiger partial charge in [-0.25, -0.2) is 0 Å². The van der Waals surface area contributed by atoms with Crippen molar-refractivity contribution < 1.29 is 0 Å². The molecule has 114 valence electrons. The van der Waals surface area contributed by atoms with Crippen molar-refractivity contribution in [2.75, 3.05) is 0 Å². The highest BCUT2D eigenvalue weighted by atomic mass is 14.6. The van der Waals surface area contributed by atoms with Crippen molar-refractivity contribution in [2.45, 2.75) is 90.4 Å². The van der Waals surface area contributed by atoms with E-state index in [0.29, 0.717) is 0 Å². The van der Waals surface area contributed by atoms with E-state index in [1.54, 1.807) is 64.2 Å². The van der Waals surface area contributed by atoms with Crippen LogP contribution in [0.15, 0.2) is 0 Å². The molecule has 0 saturated heterocycles. The van der Waals surface area contributed by atoms with Crippen LogP contribution >= 0.6 is 0 Å². The van der Waals surface area contributed by atoms with Crippen LogP contribution in [0.2, 0.25) is 0 Å². The lowest BCUT2D eigenvalue weighted by atomic mass is 9.59. The second kappa shape index (κ2) is 5.33. The fourth-order valence-electron chi connectivity index (χ4n) is 7.38. The largest absolute Gasteiger partial charge is 0.0594 e. The summed E-state index contributed by atoms with van der Waals surface area (Å²) in [7, 11) is 0. The van der Waals surface area contributed by atoms with Gasteiger partial charge >= 0.3 is 0 Å². The number of rotatable bonds is 1. The van der Waals surface area contributed by atoms with Gasteiger partial charge in [0.05, 0.1) is 0 Å². The van der Waals surface area contributed by atoms with Gasteiger partial charge in [-0.3, -0.25) is 0 Å². The summed E-state index contributed by atoms with van der Waals surface area (Å²) in [6.45, 7) is 2.71. The molecule has 4 unspecified atom stereocenters. The molecule has 0 aromatic rings. The number of hydrogen-bond donors (Lipinski definition) is 0. The number of fused-ring (bicyclic) bond motifs is 3. The Morgan fingerprint density at radius 1 is 0.550 bits per heavy atom. The van der Waals surface area contributed by atoms with Crippen molar-refractivity contribution in [1.29, 1.82) is 0 Å². The summed E-state index contributed by atoms with van der Waals surface area (Å²) in [5, 5.41) is 0. The Morgan fingerprint density at radius 3 is 1.50 bits per heavy atom. The maximum absolute atomic E-state index is 2.71. The first-order valence-electron chi connectivity index (χ1n) is 9.80. The Labute approximate surface area is 126 Å². The van der Waals surface area contributed by atoms with Crippen molar-refractivity contribution in [3.05, 3.63) is 0 Å². The van der Waals surface area contributed by atoms with Gasteiger partial charge in [0.1, 0.15) is 0 Å². The van der Waals surface area contributed by atoms with Crippen LogP contribution in [0.25, 0.3) is 0 Å². The zero-order valence-corrected chi connectivity index (χ0v) is 13.6. The quantitative estimate of drug-likeness (QED) is 0.534. The average Bonchev–Trinajstić information content (AvgIpc) is 2.83. The molecule has 0 heteroatoms. The molecule has 0 bridgehead atoms. The van der Waals surface area contributed by atoms with Gasteiger partial charge in [0.25, 0.3) is 0 Å². The standard InChI is InChI=1S/C20H34/c1-20(13-7-2-8-14-20)19-17-11-5-3-9-15(17)16-10-4-6-12-18(16)19/h15-19H,2-14H2,1H3. The first kappa shape index (κ1) is 13.6. The predicted octanol–water partition coefficient (Wildman–Crippen LogP) is 6.20. The molecule has 0 aromatic heterocycles. The highest BCUT2D eigenvalue weighted by molar-refractivity contribution is 5.05. The molecule has 0 N–H and O–H groups in total. The van der Waals surface area contributed by atoms with Crippen LogP contribution in [0, 0.1) is 35.0 Å². The third-order valence-electron chi connectivity index (χ3n) is 8.02. The van der Waals surface area contributed by atoms with Gasteiger partial charge in [0.15, 0.2) is 0 Å². The molecular weight excluding hydrogens is 240 g/mol. The molecule has 4 atom stereocenters. The summed E-state index contributed by atoms with van der Waals surface area (Å²) in [5.74, 6) is 5.70. The van der Waals surface area contributed by atoms with Crippen LogP contribution in [0.3, 0.4) is 0 Å². The Kier molecular flexibility index (Phi) is 3.63. The maximum atomic E-state index is 2.71. The van der Waals surface area contributed by atoms with Crippen molar-refractivity contribution >= 4 is 0 Å². The van der Waals surface area contributed by atoms with E-state index in [2.05, 4.69) is 6.92 Å². The van der Waals surface area contributed by atoms with Crippen LogP contribution in [-0.4, -0.2) is 0 Å². The summed E-state index contributed by atoms with van der Waals surface area (Å²) >= 11 is 0. The number of hydrogen-bond acceptors (Lipinski definition) is 0. The normalized spacial score (nSPS) is 47.5. The molecule has 0 aliphatic heterocycles. The van der Waals surface area contributed by atoms with Gasteiger partial charge in [-0.15, -0.1) is 0 Å². The highest BCUT2D eigenvalue weighted by Gasteiger charge is 2.56. The lowest BCUT2D eigenvalue weighted by Gasteiger charge is -2.46. The Bertz CT molecular complexity index is 316. The van der Waals surface area contributed by atoms with Gasteiger partial charge in [-0.1, -0.05) is 51.9 Å². The molecule has 0 heterocycles. The monoisotopic (exact) mass is 274 g/mol. The Hall–Kier alpha value is 0. The van der Waals surface area contributed by atoms with Crippen LogP contribution in [0.4, 0.5) is 0 Å². The van der Waals surface area contributed by atoms with Crippen molar-refractivity contribution in [3.63, 3.8) is 0 Å². The molecule has 4 fully saturated rings. The van der Waals surface area contributed by atoms with E-state index in [1.807, 2.05) is 0 Å². The third-order valence-corrected chi connectivity index (χ3v) is 8.02. The second-order valence-electron chi connectivity index (χ2n) is 8.96. The minimum absolute atomic E-state index is 0.731. The third kappa shape index (κ3) is 2.08. The van der Waals surface area contributed by atoms with Gasteiger partial charge in [0, 0.05) is 0 Å². The van der Waals surface area contributed by atoms with Crippen LogP contribution in [-0.2, 0) is 0 Å². The Balaban J connectivity index is 1.65. The molecule has 4 rings (SSSR count). The fourth-order valence-corrected chi connectivity index (χ4v) is 7.38. The molecule has 4 saturated carbocycles. The zero-order valence-electron chi connectivity index (χ0n) is 13.6. The van der Waals surface area contributed by atoms with E-state index in [1.165, 1.54) is 19.3 Å². The van der Waals surface area contributed by atoms with Gasteiger partial charge in [-0.2, -0.15) is 0 Å². The van der Waals surface area contributed by atoms with E-state index in [-0.39, 0.29) is 0 Å². The van der Waals surface area contributed by atoms with E-state index in [9.17, 15) is 0 Å². The van der Waals surface area contributed by atoms with Crippen molar-refractivity contribution in [3.8, 4) is 0 Å². The summed E-state index contributed by atoms with van der Waals surface area (Å²) in [5.41, 5.74) is 0.731. The lowest BCUT2D eigenvalue weighted by molar-refractivity contribution is 0.0331. The highest BCUT2D eigenvalue weighted by Crippen LogP contribution is 2.64. The Morgan fingerprint density at radius 2 is 1.00 bits per heavy atom. The van der Waals surface area contributed by atoms with E-state index >= 15 is 0 Å². The summed E-state index contributed by atoms with van der Waals surface area (Å²) in [6.07, 6.45) is 20.3. The zero-order chi connectivity index (χ0) is 13.6. The van der Waals surface area contributed by atoms with E-state index in [0.717, 1.165) is 35.0 Å². The maximum Gasteiger partial charge on any atom is -0.0292 e. The first-order valence-corrected chi connectivity index (χ1v) is 9.80.